The van der Waals surface area contributed by atoms with Crippen molar-refractivity contribution in [3.63, 3.8) is 0 Å². The topological polar surface area (TPSA) is 85.0 Å². The van der Waals surface area contributed by atoms with Crippen LogP contribution in [0.3, 0.4) is 0 Å². The Morgan fingerprint density at radius 3 is 2.16 bits per heavy atom. The minimum absolute atomic E-state index is 0.0157. The number of rotatable bonds is 5. The van der Waals surface area contributed by atoms with Gasteiger partial charge < -0.3 is 4.74 Å². The first-order valence-corrected chi connectivity index (χ1v) is 8.62. The Kier molecular flexibility index (Phi) is 8.01. The van der Waals surface area contributed by atoms with E-state index in [0.29, 0.717) is 12.2 Å². The standard InChI is InChI=1S/C18H17F6N3O.CO2/c1-4-15-26-10-12(9-25)27(15)13-6-5-11(7-14(13)28-18(22,23)24)8-16(2,3)17(19,20)21;2-1-3/h5-7,10H,4,8H2,1-3H3;. The summed E-state index contributed by atoms with van der Waals surface area (Å²) in [5.74, 6) is -0.390. The van der Waals surface area contributed by atoms with Crippen molar-refractivity contribution in [1.29, 1.82) is 5.26 Å². The Morgan fingerprint density at radius 2 is 1.71 bits per heavy atom. The molecule has 0 spiro atoms. The van der Waals surface area contributed by atoms with E-state index in [9.17, 15) is 31.6 Å². The van der Waals surface area contributed by atoms with Crippen LogP contribution in [-0.4, -0.2) is 28.2 Å². The maximum atomic E-state index is 13.1. The van der Waals surface area contributed by atoms with E-state index < -0.39 is 30.1 Å². The van der Waals surface area contributed by atoms with Crippen molar-refractivity contribution < 1.29 is 40.7 Å². The van der Waals surface area contributed by atoms with Crippen molar-refractivity contribution in [3.8, 4) is 17.5 Å². The lowest BCUT2D eigenvalue weighted by Crippen LogP contribution is -2.34. The van der Waals surface area contributed by atoms with E-state index in [1.54, 1.807) is 6.92 Å². The molecule has 6 nitrogen and oxygen atoms in total. The average Bonchev–Trinajstić information content (AvgIpc) is 3.03. The first kappa shape index (κ1) is 25.7. The number of carbonyl (C=O) groups excluding carboxylic acids is 2. The van der Waals surface area contributed by atoms with E-state index in [1.165, 1.54) is 22.9 Å². The molecule has 0 saturated carbocycles. The fourth-order valence-corrected chi connectivity index (χ4v) is 2.66. The summed E-state index contributed by atoms with van der Waals surface area (Å²) in [5, 5.41) is 9.21. The second-order valence-corrected chi connectivity index (χ2v) is 6.85. The zero-order valence-electron chi connectivity index (χ0n) is 16.6. The Labute approximate surface area is 173 Å². The molecular formula is C19H17F6N3O3. The van der Waals surface area contributed by atoms with E-state index in [1.807, 2.05) is 6.07 Å². The number of ether oxygens (including phenoxy) is 1. The molecule has 1 heterocycles. The van der Waals surface area contributed by atoms with Gasteiger partial charge in [0.2, 0.25) is 0 Å². The van der Waals surface area contributed by atoms with Crippen LogP contribution in [0.15, 0.2) is 24.4 Å². The zero-order valence-corrected chi connectivity index (χ0v) is 16.6. The second-order valence-electron chi connectivity index (χ2n) is 6.85. The lowest BCUT2D eigenvalue weighted by Gasteiger charge is -2.28. The van der Waals surface area contributed by atoms with E-state index in [4.69, 9.17) is 9.59 Å². The van der Waals surface area contributed by atoms with Crippen LogP contribution in [0, 0.1) is 16.7 Å². The largest absolute Gasteiger partial charge is 0.573 e. The summed E-state index contributed by atoms with van der Waals surface area (Å²) >= 11 is 0. The number of nitrogens with zero attached hydrogens (tertiary/aromatic N) is 3. The molecule has 0 N–H and O–H groups in total. The molecule has 0 aliphatic carbocycles. The van der Waals surface area contributed by atoms with Gasteiger partial charge in [-0.15, -0.1) is 13.2 Å². The van der Waals surface area contributed by atoms with E-state index in [-0.39, 0.29) is 23.1 Å². The fraction of sp³-hybridized carbons (Fsp3) is 0.421. The fourth-order valence-electron chi connectivity index (χ4n) is 2.66. The first-order valence-electron chi connectivity index (χ1n) is 8.62. The number of nitriles is 1. The molecule has 31 heavy (non-hydrogen) atoms. The molecule has 0 fully saturated rings. The normalized spacial score (nSPS) is 11.7. The Morgan fingerprint density at radius 1 is 1.13 bits per heavy atom. The Balaban J connectivity index is 0.00000151. The van der Waals surface area contributed by atoms with Gasteiger partial charge in [0, 0.05) is 6.42 Å². The highest BCUT2D eigenvalue weighted by atomic mass is 19.4. The smallest absolute Gasteiger partial charge is 0.404 e. The molecule has 0 aliphatic heterocycles. The molecule has 1 aromatic heterocycles. The van der Waals surface area contributed by atoms with Crippen LogP contribution >= 0.6 is 0 Å². The number of aryl methyl sites for hydroxylation is 1. The molecule has 0 unspecified atom stereocenters. The third-order valence-corrected chi connectivity index (χ3v) is 4.17. The summed E-state index contributed by atoms with van der Waals surface area (Å²) in [6.45, 7) is 3.62. The van der Waals surface area contributed by atoms with Gasteiger partial charge in [-0.05, 0) is 24.1 Å². The molecule has 12 heteroatoms. The molecule has 2 rings (SSSR count). The monoisotopic (exact) mass is 449 g/mol. The third kappa shape index (κ3) is 6.58. The van der Waals surface area contributed by atoms with Crippen LogP contribution in [-0.2, 0) is 22.4 Å². The van der Waals surface area contributed by atoms with Gasteiger partial charge in [-0.2, -0.15) is 28.0 Å². The van der Waals surface area contributed by atoms with Gasteiger partial charge in [0.15, 0.2) is 5.75 Å². The van der Waals surface area contributed by atoms with Gasteiger partial charge in [-0.25, -0.2) is 4.98 Å². The molecule has 1 aromatic carbocycles. The molecular weight excluding hydrogens is 432 g/mol. The number of hydrogen-bond donors (Lipinski definition) is 0. The van der Waals surface area contributed by atoms with Crippen molar-refractivity contribution in [2.45, 2.75) is 46.2 Å². The summed E-state index contributed by atoms with van der Waals surface area (Å²) in [5.41, 5.74) is -2.28. The van der Waals surface area contributed by atoms with Crippen LogP contribution in [0.4, 0.5) is 26.3 Å². The summed E-state index contributed by atoms with van der Waals surface area (Å²) < 4.78 is 83.3. The van der Waals surface area contributed by atoms with Gasteiger partial charge in [0.25, 0.3) is 0 Å². The van der Waals surface area contributed by atoms with Crippen LogP contribution in [0.5, 0.6) is 5.75 Å². The summed E-state index contributed by atoms with van der Waals surface area (Å²) in [7, 11) is 0. The number of alkyl halides is 6. The van der Waals surface area contributed by atoms with Crippen LogP contribution in [0.1, 0.15) is 37.9 Å². The summed E-state index contributed by atoms with van der Waals surface area (Å²) in [4.78, 5) is 20.2. The number of halogens is 6. The SMILES string of the molecule is CCc1ncc(C#N)n1-c1ccc(CC(C)(C)C(F)(F)F)cc1OC(F)(F)F.O=C=O. The van der Waals surface area contributed by atoms with Gasteiger partial charge in [-0.3, -0.25) is 4.57 Å². The van der Waals surface area contributed by atoms with Crippen LogP contribution < -0.4 is 4.74 Å². The van der Waals surface area contributed by atoms with Crippen molar-refractivity contribution in [2.75, 3.05) is 0 Å². The molecule has 0 bridgehead atoms. The molecule has 0 saturated heterocycles. The number of hydrogen-bond acceptors (Lipinski definition) is 5. The van der Waals surface area contributed by atoms with Crippen molar-refractivity contribution in [3.05, 3.63) is 41.5 Å². The quantitative estimate of drug-likeness (QED) is 0.615. The lowest BCUT2D eigenvalue weighted by atomic mass is 9.85. The molecule has 2 aromatic rings. The van der Waals surface area contributed by atoms with Crippen molar-refractivity contribution >= 4 is 6.15 Å². The van der Waals surface area contributed by atoms with E-state index >= 15 is 0 Å². The minimum Gasteiger partial charge on any atom is -0.404 e. The highest BCUT2D eigenvalue weighted by Crippen LogP contribution is 2.41. The molecule has 0 radical (unpaired) electrons. The first-order chi connectivity index (χ1) is 14.2. The maximum Gasteiger partial charge on any atom is 0.573 e. The van der Waals surface area contributed by atoms with Gasteiger partial charge in [0.1, 0.15) is 17.6 Å². The van der Waals surface area contributed by atoms with E-state index in [2.05, 4.69) is 9.72 Å². The van der Waals surface area contributed by atoms with Crippen molar-refractivity contribution in [1.82, 2.24) is 9.55 Å². The van der Waals surface area contributed by atoms with Gasteiger partial charge in [0.05, 0.1) is 17.3 Å². The lowest BCUT2D eigenvalue weighted by molar-refractivity contribution is -0.274. The maximum absolute atomic E-state index is 13.1. The highest BCUT2D eigenvalue weighted by molar-refractivity contribution is 5.52. The van der Waals surface area contributed by atoms with E-state index in [0.717, 1.165) is 19.9 Å². The van der Waals surface area contributed by atoms with Crippen molar-refractivity contribution in [2.24, 2.45) is 5.41 Å². The van der Waals surface area contributed by atoms with Crippen LogP contribution in [0.2, 0.25) is 0 Å². The average molecular weight is 449 g/mol. The zero-order chi connectivity index (χ0) is 24.0. The van der Waals surface area contributed by atoms with Gasteiger partial charge in [-0.1, -0.05) is 26.8 Å². The van der Waals surface area contributed by atoms with Crippen LogP contribution in [0.25, 0.3) is 5.69 Å². The number of aromatic nitrogens is 2. The predicted molar refractivity (Wildman–Crippen MR) is 92.9 cm³/mol. The predicted octanol–water partition coefficient (Wildman–Crippen LogP) is 4.75. The summed E-state index contributed by atoms with van der Waals surface area (Å²) in [6.07, 6.45) is -8.37. The molecule has 0 aliphatic rings. The Hall–Kier alpha value is -3.32. The Bertz CT molecular complexity index is 981. The number of benzene rings is 1. The third-order valence-electron chi connectivity index (χ3n) is 4.17. The summed E-state index contributed by atoms with van der Waals surface area (Å²) in [6, 6.07) is 5.22. The molecule has 0 amide bonds. The minimum atomic E-state index is -5.06. The van der Waals surface area contributed by atoms with Gasteiger partial charge >= 0.3 is 18.7 Å². The molecule has 0 atom stereocenters. The molecule has 168 valence electrons. The second kappa shape index (κ2) is 9.66. The highest BCUT2D eigenvalue weighted by Gasteiger charge is 2.47. The number of imidazole rings is 1.